The molecule has 8 heteroatoms. The lowest BCUT2D eigenvalue weighted by molar-refractivity contribution is 0.0697. The van der Waals surface area contributed by atoms with Crippen LogP contribution in [0.4, 0.5) is 11.4 Å². The van der Waals surface area contributed by atoms with Crippen molar-refractivity contribution in [2.24, 2.45) is 0 Å². The molecule has 0 bridgehead atoms. The Bertz CT molecular complexity index is 921. The van der Waals surface area contributed by atoms with E-state index in [9.17, 15) is 18.3 Å². The van der Waals surface area contributed by atoms with E-state index in [2.05, 4.69) is 4.72 Å². The lowest BCUT2D eigenvalue weighted by atomic mass is 10.1. The molecule has 2 aromatic rings. The van der Waals surface area contributed by atoms with Crippen LogP contribution in [-0.4, -0.2) is 39.2 Å². The lowest BCUT2D eigenvalue weighted by Gasteiger charge is -2.25. The van der Waals surface area contributed by atoms with Gasteiger partial charge in [0.25, 0.3) is 10.0 Å². The first-order valence-corrected chi connectivity index (χ1v) is 11.2. The number of carbonyl (C=O) groups is 1. The van der Waals surface area contributed by atoms with E-state index in [1.165, 1.54) is 18.2 Å². The van der Waals surface area contributed by atoms with E-state index in [0.29, 0.717) is 18.0 Å². The summed E-state index contributed by atoms with van der Waals surface area (Å²) in [5.41, 5.74) is 0.858. The van der Waals surface area contributed by atoms with E-state index < -0.39 is 16.0 Å². The molecule has 0 radical (unpaired) electrons. The van der Waals surface area contributed by atoms with Gasteiger partial charge in [-0.25, -0.2) is 13.2 Å². The summed E-state index contributed by atoms with van der Waals surface area (Å²) in [6.45, 7) is 7.85. The Morgan fingerprint density at radius 2 is 1.66 bits per heavy atom. The van der Waals surface area contributed by atoms with Gasteiger partial charge in [0.15, 0.2) is 0 Å². The van der Waals surface area contributed by atoms with Crippen molar-refractivity contribution < 1.29 is 23.1 Å². The Morgan fingerprint density at radius 3 is 2.17 bits per heavy atom. The first-order chi connectivity index (χ1) is 13.8. The number of nitrogens with one attached hydrogen (secondary N) is 1. The highest BCUT2D eigenvalue weighted by Gasteiger charge is 2.19. The van der Waals surface area contributed by atoms with Crippen LogP contribution in [0.1, 0.15) is 44.0 Å². The van der Waals surface area contributed by atoms with Gasteiger partial charge >= 0.3 is 5.97 Å². The molecule has 0 aromatic heterocycles. The quantitative estimate of drug-likeness (QED) is 0.565. The van der Waals surface area contributed by atoms with Crippen molar-refractivity contribution in [1.82, 2.24) is 0 Å². The number of anilines is 2. The normalized spacial score (nSPS) is 11.1. The van der Waals surface area contributed by atoms with E-state index in [4.69, 9.17) is 4.74 Å². The monoisotopic (exact) mass is 420 g/mol. The van der Waals surface area contributed by atoms with E-state index in [1.54, 1.807) is 24.3 Å². The van der Waals surface area contributed by atoms with Crippen LogP contribution in [0, 0.1) is 0 Å². The van der Waals surface area contributed by atoms with Gasteiger partial charge < -0.3 is 14.7 Å². The molecule has 2 rings (SSSR count). The number of rotatable bonds is 11. The standard InChI is InChI=1S/C21H28N2O5S/c1-4-13-23(14-5-2)20-12-7-16(15-19(20)21(24)25)22-29(26,27)18-10-8-17(9-11-18)28-6-3/h7-12,15,22H,4-6,13-14H2,1-3H3,(H,24,25). The molecule has 29 heavy (non-hydrogen) atoms. The molecule has 0 aliphatic heterocycles. The summed E-state index contributed by atoms with van der Waals surface area (Å²) in [5, 5.41) is 9.65. The van der Waals surface area contributed by atoms with Crippen LogP contribution in [0.25, 0.3) is 0 Å². The van der Waals surface area contributed by atoms with Crippen molar-refractivity contribution in [1.29, 1.82) is 0 Å². The second-order valence-corrected chi connectivity index (χ2v) is 8.22. The number of hydrogen-bond donors (Lipinski definition) is 2. The predicted octanol–water partition coefficient (Wildman–Crippen LogP) is 4.21. The number of nitrogens with zero attached hydrogens (tertiary/aromatic N) is 1. The average Bonchev–Trinajstić information content (AvgIpc) is 2.68. The van der Waals surface area contributed by atoms with Crippen LogP contribution in [0.5, 0.6) is 5.75 Å². The van der Waals surface area contributed by atoms with Gasteiger partial charge in [-0.3, -0.25) is 4.72 Å². The summed E-state index contributed by atoms with van der Waals surface area (Å²) >= 11 is 0. The van der Waals surface area contributed by atoms with E-state index in [-0.39, 0.29) is 16.1 Å². The number of ether oxygens (including phenoxy) is 1. The van der Waals surface area contributed by atoms with Crippen molar-refractivity contribution in [3.63, 3.8) is 0 Å². The van der Waals surface area contributed by atoms with Crippen molar-refractivity contribution >= 4 is 27.4 Å². The molecule has 0 aliphatic rings. The van der Waals surface area contributed by atoms with Gasteiger partial charge in [0.2, 0.25) is 0 Å². The van der Waals surface area contributed by atoms with Crippen molar-refractivity contribution in [2.45, 2.75) is 38.5 Å². The minimum absolute atomic E-state index is 0.0683. The van der Waals surface area contributed by atoms with Crippen LogP contribution in [-0.2, 0) is 10.0 Å². The third-order valence-corrected chi connectivity index (χ3v) is 5.65. The molecular formula is C21H28N2O5S. The SMILES string of the molecule is CCCN(CCC)c1ccc(NS(=O)(=O)c2ccc(OCC)cc2)cc1C(=O)O. The number of benzene rings is 2. The Kier molecular flexibility index (Phi) is 7.90. The molecule has 158 valence electrons. The van der Waals surface area contributed by atoms with E-state index >= 15 is 0 Å². The summed E-state index contributed by atoms with van der Waals surface area (Å²) in [7, 11) is -3.85. The predicted molar refractivity (Wildman–Crippen MR) is 115 cm³/mol. The molecule has 0 heterocycles. The Labute approximate surface area is 172 Å². The van der Waals surface area contributed by atoms with Crippen molar-refractivity contribution in [2.75, 3.05) is 29.3 Å². The fourth-order valence-electron chi connectivity index (χ4n) is 3.03. The molecule has 0 fully saturated rings. The lowest BCUT2D eigenvalue weighted by Crippen LogP contribution is -2.27. The van der Waals surface area contributed by atoms with Crippen LogP contribution < -0.4 is 14.4 Å². The summed E-state index contributed by atoms with van der Waals surface area (Å²) in [4.78, 5) is 13.9. The summed E-state index contributed by atoms with van der Waals surface area (Å²) in [6, 6.07) is 10.7. The maximum atomic E-state index is 12.7. The maximum Gasteiger partial charge on any atom is 0.337 e. The molecule has 7 nitrogen and oxygen atoms in total. The third kappa shape index (κ3) is 5.87. The highest BCUT2D eigenvalue weighted by atomic mass is 32.2. The Hall–Kier alpha value is -2.74. The molecule has 0 atom stereocenters. The highest BCUT2D eigenvalue weighted by molar-refractivity contribution is 7.92. The summed E-state index contributed by atoms with van der Waals surface area (Å²) in [5.74, 6) is -0.518. The van der Waals surface area contributed by atoms with Gasteiger partial charge in [0, 0.05) is 18.8 Å². The van der Waals surface area contributed by atoms with Crippen molar-refractivity contribution in [3.05, 3.63) is 48.0 Å². The maximum absolute atomic E-state index is 12.7. The number of sulfonamides is 1. The van der Waals surface area contributed by atoms with E-state index in [1.807, 2.05) is 25.7 Å². The van der Waals surface area contributed by atoms with Gasteiger partial charge in [0.1, 0.15) is 5.75 Å². The zero-order valence-electron chi connectivity index (χ0n) is 17.0. The Morgan fingerprint density at radius 1 is 1.03 bits per heavy atom. The minimum Gasteiger partial charge on any atom is -0.494 e. The fraction of sp³-hybridized carbons (Fsp3) is 0.381. The van der Waals surface area contributed by atoms with Gasteiger partial charge in [-0.05, 0) is 62.2 Å². The van der Waals surface area contributed by atoms with Gasteiger partial charge in [-0.2, -0.15) is 0 Å². The molecule has 0 unspecified atom stereocenters. The van der Waals surface area contributed by atoms with Crippen molar-refractivity contribution in [3.8, 4) is 5.75 Å². The zero-order valence-corrected chi connectivity index (χ0v) is 17.8. The molecule has 0 amide bonds. The number of carboxylic acids is 1. The second-order valence-electron chi connectivity index (χ2n) is 6.53. The number of carboxylic acid groups (broad SMARTS) is 1. The average molecular weight is 421 g/mol. The fourth-order valence-corrected chi connectivity index (χ4v) is 4.08. The summed E-state index contributed by atoms with van der Waals surface area (Å²) < 4.78 is 33.1. The van der Waals surface area contributed by atoms with Crippen LogP contribution in [0.3, 0.4) is 0 Å². The summed E-state index contributed by atoms with van der Waals surface area (Å²) in [6.07, 6.45) is 1.76. The third-order valence-electron chi connectivity index (χ3n) is 4.25. The molecule has 0 saturated carbocycles. The van der Waals surface area contributed by atoms with Gasteiger partial charge in [-0.1, -0.05) is 13.8 Å². The van der Waals surface area contributed by atoms with Crippen LogP contribution in [0.15, 0.2) is 47.4 Å². The topological polar surface area (TPSA) is 95.9 Å². The zero-order chi connectivity index (χ0) is 21.4. The molecular weight excluding hydrogens is 392 g/mol. The van der Waals surface area contributed by atoms with Crippen LogP contribution >= 0.6 is 0 Å². The van der Waals surface area contributed by atoms with E-state index in [0.717, 1.165) is 25.9 Å². The van der Waals surface area contributed by atoms with Gasteiger partial charge in [-0.15, -0.1) is 0 Å². The molecule has 0 aliphatic carbocycles. The number of aromatic carboxylic acids is 1. The first-order valence-electron chi connectivity index (χ1n) is 9.70. The Balaban J connectivity index is 2.32. The molecule has 0 spiro atoms. The highest BCUT2D eigenvalue weighted by Crippen LogP contribution is 2.27. The minimum atomic E-state index is -3.85. The molecule has 2 N–H and O–H groups in total. The first kappa shape index (κ1) is 22.5. The second kappa shape index (κ2) is 10.2. The largest absolute Gasteiger partial charge is 0.494 e. The molecule has 0 saturated heterocycles. The smallest absolute Gasteiger partial charge is 0.337 e. The van der Waals surface area contributed by atoms with Crippen LogP contribution in [0.2, 0.25) is 0 Å². The number of hydrogen-bond acceptors (Lipinski definition) is 5. The molecule has 2 aromatic carbocycles. The van der Waals surface area contributed by atoms with Gasteiger partial charge in [0.05, 0.1) is 22.8 Å².